The standard InChI is InChI=1S/C29H36Br2N6O6/c1-29(2)16-17-18(30)15-19(31)24(23(17)43-29)42-21-8-7-20(41-21)25(38)33-22-26(39-4)34-28(35-27(22)40-5)32-9-6-10-37-13-11-36(3)12-14-37/h7-8,15H,6,9-14,16H2,1-5H3,(H,33,38)(H,32,34,35). The lowest BCUT2D eigenvalue weighted by molar-refractivity contribution is 0.0990. The molecule has 1 fully saturated rings. The van der Waals surface area contributed by atoms with E-state index in [0.717, 1.165) is 55.6 Å². The first-order valence-electron chi connectivity index (χ1n) is 14.0. The summed E-state index contributed by atoms with van der Waals surface area (Å²) in [4.78, 5) is 26.8. The van der Waals surface area contributed by atoms with Gasteiger partial charge in [0.2, 0.25) is 17.7 Å². The minimum Gasteiger partial charge on any atom is -0.483 e. The highest BCUT2D eigenvalue weighted by molar-refractivity contribution is 9.11. The number of carbonyl (C=O) groups excluding carboxylic acids is 1. The van der Waals surface area contributed by atoms with E-state index in [2.05, 4.69) is 69.3 Å². The lowest BCUT2D eigenvalue weighted by atomic mass is 10.0. The van der Waals surface area contributed by atoms with Crippen LogP contribution < -0.4 is 29.6 Å². The zero-order valence-electron chi connectivity index (χ0n) is 24.9. The Morgan fingerprint density at radius 3 is 2.44 bits per heavy atom. The number of ether oxygens (including phenoxy) is 4. The molecule has 2 aliphatic heterocycles. The number of furan rings is 1. The van der Waals surface area contributed by atoms with Gasteiger partial charge in [-0.2, -0.15) is 9.97 Å². The van der Waals surface area contributed by atoms with Crippen LogP contribution in [0.1, 0.15) is 36.4 Å². The molecule has 0 radical (unpaired) electrons. The molecule has 0 unspecified atom stereocenters. The third kappa shape index (κ3) is 7.36. The van der Waals surface area contributed by atoms with Crippen molar-refractivity contribution in [3.05, 3.63) is 38.5 Å². The number of nitrogens with zero attached hydrogens (tertiary/aromatic N) is 4. The van der Waals surface area contributed by atoms with Crippen LogP contribution in [-0.2, 0) is 6.42 Å². The summed E-state index contributed by atoms with van der Waals surface area (Å²) >= 11 is 7.15. The number of amides is 1. The number of likely N-dealkylation sites (N-methyl/N-ethyl adjacent to an activating group) is 1. The van der Waals surface area contributed by atoms with E-state index >= 15 is 0 Å². The van der Waals surface area contributed by atoms with Gasteiger partial charge in [0.15, 0.2) is 22.9 Å². The van der Waals surface area contributed by atoms with Gasteiger partial charge >= 0.3 is 0 Å². The number of fused-ring (bicyclic) bond motifs is 1. The molecular weight excluding hydrogens is 688 g/mol. The molecule has 5 rings (SSSR count). The minimum absolute atomic E-state index is 0.0105. The first kappa shape index (κ1) is 31.4. The summed E-state index contributed by atoms with van der Waals surface area (Å²) in [5, 5.41) is 5.97. The van der Waals surface area contributed by atoms with Gasteiger partial charge in [-0.3, -0.25) is 4.79 Å². The summed E-state index contributed by atoms with van der Waals surface area (Å²) in [5.74, 6) is 1.31. The Morgan fingerprint density at radius 1 is 1.07 bits per heavy atom. The fraction of sp³-hybridized carbons (Fsp3) is 0.483. The number of hydrogen-bond acceptors (Lipinski definition) is 11. The number of benzene rings is 1. The van der Waals surface area contributed by atoms with Crippen molar-refractivity contribution in [3.8, 4) is 29.2 Å². The van der Waals surface area contributed by atoms with Gasteiger partial charge in [0.05, 0.1) is 18.7 Å². The third-order valence-electron chi connectivity index (χ3n) is 7.23. The molecule has 43 heavy (non-hydrogen) atoms. The highest BCUT2D eigenvalue weighted by Gasteiger charge is 2.36. The molecule has 14 heteroatoms. The highest BCUT2D eigenvalue weighted by atomic mass is 79.9. The average Bonchev–Trinajstić information content (AvgIpc) is 3.58. The maximum absolute atomic E-state index is 13.2. The van der Waals surface area contributed by atoms with Crippen LogP contribution in [0.25, 0.3) is 0 Å². The fourth-order valence-electron chi connectivity index (χ4n) is 4.97. The summed E-state index contributed by atoms with van der Waals surface area (Å²) in [5.41, 5.74) is 0.800. The summed E-state index contributed by atoms with van der Waals surface area (Å²) in [7, 11) is 5.07. The van der Waals surface area contributed by atoms with Gasteiger partial charge in [0, 0.05) is 55.2 Å². The van der Waals surface area contributed by atoms with Crippen LogP contribution in [-0.4, -0.2) is 91.8 Å². The van der Waals surface area contributed by atoms with E-state index in [-0.39, 0.29) is 34.8 Å². The van der Waals surface area contributed by atoms with Gasteiger partial charge in [0.25, 0.3) is 11.9 Å². The van der Waals surface area contributed by atoms with E-state index in [4.69, 9.17) is 23.4 Å². The van der Waals surface area contributed by atoms with Crippen LogP contribution >= 0.6 is 31.9 Å². The van der Waals surface area contributed by atoms with Crippen molar-refractivity contribution in [2.24, 2.45) is 0 Å². The summed E-state index contributed by atoms with van der Waals surface area (Å²) < 4.78 is 30.5. The van der Waals surface area contributed by atoms with Crippen LogP contribution in [0.2, 0.25) is 0 Å². The lowest BCUT2D eigenvalue weighted by Gasteiger charge is -2.32. The van der Waals surface area contributed by atoms with Crippen molar-refractivity contribution >= 4 is 49.4 Å². The maximum atomic E-state index is 13.2. The first-order valence-corrected chi connectivity index (χ1v) is 15.6. The molecule has 0 aliphatic carbocycles. The van der Waals surface area contributed by atoms with E-state index in [1.165, 1.54) is 20.3 Å². The van der Waals surface area contributed by atoms with E-state index in [1.54, 1.807) is 6.07 Å². The SMILES string of the molecule is COc1nc(NCCCN2CCN(C)CC2)nc(OC)c1NC(=O)c1ccc(Oc2c(Br)cc(Br)c3c2OC(C)(C)C3)o1. The van der Waals surface area contributed by atoms with Crippen LogP contribution in [0.5, 0.6) is 29.2 Å². The normalized spacial score (nSPS) is 16.3. The molecule has 1 saturated heterocycles. The second-order valence-electron chi connectivity index (χ2n) is 11.1. The molecule has 1 amide bonds. The van der Waals surface area contributed by atoms with Crippen LogP contribution in [0, 0.1) is 0 Å². The lowest BCUT2D eigenvalue weighted by Crippen LogP contribution is -2.44. The Labute approximate surface area is 267 Å². The number of rotatable bonds is 11. The fourth-order valence-corrected chi connectivity index (χ4v) is 6.32. The number of nitrogens with one attached hydrogen (secondary N) is 2. The number of halogens is 2. The Balaban J connectivity index is 1.24. The maximum Gasteiger partial charge on any atom is 0.291 e. The Morgan fingerprint density at radius 2 is 1.77 bits per heavy atom. The Hall–Kier alpha value is -3.07. The van der Waals surface area contributed by atoms with E-state index in [0.29, 0.717) is 28.5 Å². The monoisotopic (exact) mass is 722 g/mol. The van der Waals surface area contributed by atoms with Crippen molar-refractivity contribution in [2.45, 2.75) is 32.3 Å². The zero-order chi connectivity index (χ0) is 30.7. The molecule has 0 spiro atoms. The Kier molecular flexibility index (Phi) is 9.69. The van der Waals surface area contributed by atoms with Crippen molar-refractivity contribution in [2.75, 3.05) is 71.2 Å². The largest absolute Gasteiger partial charge is 0.483 e. The van der Waals surface area contributed by atoms with Gasteiger partial charge in [-0.25, -0.2) is 0 Å². The molecule has 2 aliphatic rings. The van der Waals surface area contributed by atoms with E-state index in [9.17, 15) is 4.79 Å². The number of methoxy groups -OCH3 is 2. The van der Waals surface area contributed by atoms with Crippen LogP contribution in [0.15, 0.2) is 31.6 Å². The molecule has 3 aromatic rings. The topological polar surface area (TPSA) is 123 Å². The molecule has 0 bridgehead atoms. The second kappa shape index (κ2) is 13.3. The molecule has 232 valence electrons. The number of carbonyl (C=O) groups is 1. The number of anilines is 2. The van der Waals surface area contributed by atoms with Crippen molar-refractivity contribution in [1.82, 2.24) is 19.8 Å². The van der Waals surface area contributed by atoms with Gasteiger partial charge in [0.1, 0.15) is 5.60 Å². The first-order chi connectivity index (χ1) is 20.6. The van der Waals surface area contributed by atoms with E-state index < -0.39 is 5.91 Å². The summed E-state index contributed by atoms with van der Waals surface area (Å²) in [6.45, 7) is 10.0. The molecule has 0 saturated carbocycles. The highest BCUT2D eigenvalue weighted by Crippen LogP contribution is 2.50. The number of piperazine rings is 1. The van der Waals surface area contributed by atoms with Crippen molar-refractivity contribution in [1.29, 1.82) is 0 Å². The number of hydrogen-bond donors (Lipinski definition) is 2. The molecule has 0 atom stereocenters. The van der Waals surface area contributed by atoms with Crippen LogP contribution in [0.3, 0.4) is 0 Å². The van der Waals surface area contributed by atoms with Crippen molar-refractivity contribution in [3.63, 3.8) is 0 Å². The van der Waals surface area contributed by atoms with Gasteiger partial charge in [-0.15, -0.1) is 0 Å². The molecule has 2 aromatic heterocycles. The predicted molar refractivity (Wildman–Crippen MR) is 169 cm³/mol. The summed E-state index contributed by atoms with van der Waals surface area (Å²) in [6, 6.07) is 4.98. The van der Waals surface area contributed by atoms with E-state index in [1.807, 2.05) is 19.9 Å². The molecule has 12 nitrogen and oxygen atoms in total. The van der Waals surface area contributed by atoms with Gasteiger partial charge in [-0.1, -0.05) is 15.9 Å². The molecular formula is C29H36Br2N6O6. The van der Waals surface area contributed by atoms with Gasteiger partial charge < -0.3 is 43.8 Å². The second-order valence-corrected chi connectivity index (χ2v) is 12.8. The minimum atomic E-state index is -0.555. The van der Waals surface area contributed by atoms with Crippen LogP contribution in [0.4, 0.5) is 11.6 Å². The Bertz CT molecular complexity index is 1450. The zero-order valence-corrected chi connectivity index (χ0v) is 28.1. The molecule has 2 N–H and O–H groups in total. The molecule has 1 aromatic carbocycles. The predicted octanol–water partition coefficient (Wildman–Crippen LogP) is 5.42. The number of aromatic nitrogens is 2. The third-order valence-corrected chi connectivity index (χ3v) is 8.52. The summed E-state index contributed by atoms with van der Waals surface area (Å²) in [6.07, 6.45) is 1.65. The van der Waals surface area contributed by atoms with Gasteiger partial charge in [-0.05, 0) is 61.9 Å². The average molecular weight is 724 g/mol. The smallest absolute Gasteiger partial charge is 0.291 e. The molecule has 4 heterocycles. The van der Waals surface area contributed by atoms with Crippen molar-refractivity contribution < 1.29 is 28.2 Å². The quantitative estimate of drug-likeness (QED) is 0.247.